The number of aliphatic hydroxyl groups excluding tert-OH is 8. The molecule has 0 bridgehead atoms. The van der Waals surface area contributed by atoms with Crippen molar-refractivity contribution in [2.75, 3.05) is 19.8 Å². The summed E-state index contributed by atoms with van der Waals surface area (Å²) in [5, 5.41) is 87.7. The first kappa shape index (κ1) is 93.8. The maximum atomic E-state index is 13.4. The summed E-state index contributed by atoms with van der Waals surface area (Å²) in [6.07, 6.45) is 79.1. The molecular formula is C86H159NO13. The molecule has 0 aliphatic carbocycles. The van der Waals surface area contributed by atoms with Gasteiger partial charge in [0.1, 0.15) is 48.8 Å². The fourth-order valence-corrected chi connectivity index (χ4v) is 13.9. The number of amides is 1. The molecule has 12 atom stereocenters. The number of ether oxygens (including phenoxy) is 4. The predicted octanol–water partition coefficient (Wildman–Crippen LogP) is 19.9. The maximum Gasteiger partial charge on any atom is 0.220 e. The molecule has 2 heterocycles. The summed E-state index contributed by atoms with van der Waals surface area (Å²) in [7, 11) is 0. The number of unbranched alkanes of at least 4 members (excludes halogenated alkanes) is 51. The van der Waals surface area contributed by atoms with E-state index in [9.17, 15) is 45.6 Å². The molecule has 2 saturated heterocycles. The highest BCUT2D eigenvalue weighted by molar-refractivity contribution is 5.76. The molecule has 0 aromatic rings. The van der Waals surface area contributed by atoms with Gasteiger partial charge in [0.05, 0.1) is 32.0 Å². The highest BCUT2D eigenvalue weighted by atomic mass is 16.7. The second kappa shape index (κ2) is 69.7. The number of aliphatic hydroxyl groups is 8. The minimum absolute atomic E-state index is 0.246. The van der Waals surface area contributed by atoms with Crippen LogP contribution in [0, 0.1) is 0 Å². The van der Waals surface area contributed by atoms with Gasteiger partial charge in [-0.15, -0.1) is 0 Å². The van der Waals surface area contributed by atoms with E-state index in [2.05, 4.69) is 67.8 Å². The minimum atomic E-state index is -1.79. The zero-order chi connectivity index (χ0) is 72.2. The van der Waals surface area contributed by atoms with Gasteiger partial charge in [0.2, 0.25) is 5.91 Å². The quantitative estimate of drug-likeness (QED) is 0.0204. The third-order valence-electron chi connectivity index (χ3n) is 20.7. The second-order valence-electron chi connectivity index (χ2n) is 29.9. The first-order chi connectivity index (χ1) is 49.1. The van der Waals surface area contributed by atoms with Gasteiger partial charge in [-0.3, -0.25) is 4.79 Å². The Morgan fingerprint density at radius 2 is 0.670 bits per heavy atom. The van der Waals surface area contributed by atoms with E-state index in [-0.39, 0.29) is 18.9 Å². The van der Waals surface area contributed by atoms with E-state index in [0.29, 0.717) is 12.8 Å². The van der Waals surface area contributed by atoms with Gasteiger partial charge in [0, 0.05) is 6.42 Å². The van der Waals surface area contributed by atoms with E-state index in [4.69, 9.17) is 18.9 Å². The lowest BCUT2D eigenvalue weighted by Gasteiger charge is -2.46. The Labute approximate surface area is 613 Å². The number of hydrogen-bond acceptors (Lipinski definition) is 13. The molecule has 0 saturated carbocycles. The van der Waals surface area contributed by atoms with Gasteiger partial charge >= 0.3 is 0 Å². The van der Waals surface area contributed by atoms with Crippen LogP contribution in [0.2, 0.25) is 0 Å². The summed E-state index contributed by atoms with van der Waals surface area (Å²) in [6.45, 7) is 2.82. The third kappa shape index (κ3) is 51.8. The predicted molar refractivity (Wildman–Crippen MR) is 415 cm³/mol. The van der Waals surface area contributed by atoms with Crippen LogP contribution in [-0.4, -0.2) is 140 Å². The van der Waals surface area contributed by atoms with E-state index in [1.807, 2.05) is 6.08 Å². The van der Waals surface area contributed by atoms with Crippen molar-refractivity contribution in [2.45, 2.75) is 460 Å². The smallest absolute Gasteiger partial charge is 0.220 e. The molecule has 1 amide bonds. The second-order valence-corrected chi connectivity index (χ2v) is 29.9. The Morgan fingerprint density at radius 1 is 0.360 bits per heavy atom. The molecule has 12 unspecified atom stereocenters. The van der Waals surface area contributed by atoms with Gasteiger partial charge in [-0.2, -0.15) is 0 Å². The molecule has 9 N–H and O–H groups in total. The number of rotatable bonds is 72. The normalized spacial score (nSPS) is 22.1. The standard InChI is InChI=1S/C86H159NO13/c1-3-5-7-9-11-13-15-17-19-21-23-25-27-29-30-31-32-33-34-35-36-37-38-39-40-41-42-43-44-46-48-50-52-54-56-58-60-62-64-66-68-70-78(91)87-74(73-97-85-83(96)81(94)84(77(72-89)99-85)100-86-82(95)80(93)79(92)76(71-88)98-86)75(90)69-67-65-63-61-59-57-55-53-51-49-47-45-28-26-24-22-20-18-16-14-12-10-8-6-4-2/h15,17,21,23,51,53,59,61,67,69,74-77,79-86,88-90,92-96H,3-14,16,18-20,22,24-50,52,54-58,60,62-66,68,70-73H2,1-2H3,(H,87,91)/b17-15-,23-21-,53-51+,61-59+,69-67+. The van der Waals surface area contributed by atoms with E-state index >= 15 is 0 Å². The Hall–Kier alpha value is -2.31. The van der Waals surface area contributed by atoms with Crippen molar-refractivity contribution in [2.24, 2.45) is 0 Å². The molecule has 14 nitrogen and oxygen atoms in total. The molecule has 100 heavy (non-hydrogen) atoms. The van der Waals surface area contributed by atoms with E-state index in [0.717, 1.165) is 51.4 Å². The fraction of sp³-hybridized carbons (Fsp3) is 0.872. The lowest BCUT2D eigenvalue weighted by atomic mass is 9.97. The van der Waals surface area contributed by atoms with Crippen molar-refractivity contribution < 1.29 is 64.6 Å². The van der Waals surface area contributed by atoms with Crippen LogP contribution in [0.15, 0.2) is 60.8 Å². The van der Waals surface area contributed by atoms with Crippen LogP contribution in [0.3, 0.4) is 0 Å². The van der Waals surface area contributed by atoms with E-state index in [1.165, 1.54) is 302 Å². The van der Waals surface area contributed by atoms with Crippen molar-refractivity contribution in [1.29, 1.82) is 0 Å². The van der Waals surface area contributed by atoms with Gasteiger partial charge in [0.15, 0.2) is 12.6 Å². The van der Waals surface area contributed by atoms with Crippen LogP contribution in [0.1, 0.15) is 386 Å². The minimum Gasteiger partial charge on any atom is -0.394 e. The lowest BCUT2D eigenvalue weighted by Crippen LogP contribution is -2.65. The zero-order valence-corrected chi connectivity index (χ0v) is 64.5. The van der Waals surface area contributed by atoms with Crippen molar-refractivity contribution >= 4 is 5.91 Å². The highest BCUT2D eigenvalue weighted by Crippen LogP contribution is 2.30. The van der Waals surface area contributed by atoms with Crippen LogP contribution in [0.4, 0.5) is 0 Å². The lowest BCUT2D eigenvalue weighted by molar-refractivity contribution is -0.359. The SMILES string of the molecule is CCCCCCC/C=C\C/C=C\CCCCCCCCCCCCCCCCCCCCCCCCCCCCCCCC(=O)NC(COC1OC(CO)C(OC2OC(CO)C(O)C(O)C2O)C(O)C1O)C(O)/C=C/CC/C=C/CC/C=C/CCCCCCCCCCCCCCCCC. The molecule has 0 radical (unpaired) electrons. The maximum absolute atomic E-state index is 13.4. The number of allylic oxidation sites excluding steroid dienone is 9. The third-order valence-corrected chi connectivity index (χ3v) is 20.7. The highest BCUT2D eigenvalue weighted by Gasteiger charge is 2.51. The average Bonchev–Trinajstić information content (AvgIpc) is 0.791. The van der Waals surface area contributed by atoms with Crippen LogP contribution < -0.4 is 5.32 Å². The fourth-order valence-electron chi connectivity index (χ4n) is 13.9. The number of nitrogens with one attached hydrogen (secondary N) is 1. The summed E-state index contributed by atoms with van der Waals surface area (Å²) in [5.74, 6) is -0.246. The van der Waals surface area contributed by atoms with Crippen LogP contribution >= 0.6 is 0 Å². The molecular weight excluding hydrogens is 1250 g/mol. The van der Waals surface area contributed by atoms with Crippen molar-refractivity contribution in [3.8, 4) is 0 Å². The van der Waals surface area contributed by atoms with E-state index < -0.39 is 86.8 Å². The van der Waals surface area contributed by atoms with Gasteiger partial charge in [-0.05, 0) is 77.0 Å². The van der Waals surface area contributed by atoms with Crippen LogP contribution in [0.5, 0.6) is 0 Å². The van der Waals surface area contributed by atoms with Gasteiger partial charge in [0.25, 0.3) is 0 Å². The Kier molecular flexibility index (Phi) is 65.4. The summed E-state index contributed by atoms with van der Waals surface area (Å²) in [5.41, 5.74) is 0. The summed E-state index contributed by atoms with van der Waals surface area (Å²) < 4.78 is 22.9. The van der Waals surface area contributed by atoms with E-state index in [1.54, 1.807) is 6.08 Å². The molecule has 2 aliphatic heterocycles. The molecule has 14 heteroatoms. The number of hydrogen-bond donors (Lipinski definition) is 9. The van der Waals surface area contributed by atoms with Gasteiger partial charge < -0.3 is 65.1 Å². The largest absolute Gasteiger partial charge is 0.394 e. The molecule has 2 fully saturated rings. The first-order valence-electron chi connectivity index (χ1n) is 42.5. The van der Waals surface area contributed by atoms with Crippen LogP contribution in [0.25, 0.3) is 0 Å². The molecule has 0 aromatic heterocycles. The molecule has 2 aliphatic rings. The molecule has 0 aromatic carbocycles. The molecule has 2 rings (SSSR count). The summed E-state index contributed by atoms with van der Waals surface area (Å²) in [4.78, 5) is 13.4. The summed E-state index contributed by atoms with van der Waals surface area (Å²) in [6, 6.07) is -0.940. The average molecular weight is 1420 g/mol. The number of carbonyl (C=O) groups is 1. The van der Waals surface area contributed by atoms with Crippen molar-refractivity contribution in [3.05, 3.63) is 60.8 Å². The molecule has 0 spiro atoms. The monoisotopic (exact) mass is 1410 g/mol. The van der Waals surface area contributed by atoms with Gasteiger partial charge in [-0.25, -0.2) is 0 Å². The Bertz CT molecular complexity index is 1910. The zero-order valence-electron chi connectivity index (χ0n) is 64.5. The van der Waals surface area contributed by atoms with Crippen molar-refractivity contribution in [3.63, 3.8) is 0 Å². The summed E-state index contributed by atoms with van der Waals surface area (Å²) >= 11 is 0. The first-order valence-corrected chi connectivity index (χ1v) is 42.5. The van der Waals surface area contributed by atoms with Crippen molar-refractivity contribution in [1.82, 2.24) is 5.32 Å². The number of carbonyl (C=O) groups excluding carboxylic acids is 1. The Morgan fingerprint density at radius 3 is 1.04 bits per heavy atom. The van der Waals surface area contributed by atoms with Gasteiger partial charge in [-0.1, -0.05) is 364 Å². The van der Waals surface area contributed by atoms with Crippen LogP contribution in [-0.2, 0) is 23.7 Å². The Balaban J connectivity index is 1.57. The topological polar surface area (TPSA) is 228 Å². The molecule has 586 valence electrons.